The number of unbranched alkanes of at least 4 members (excludes halogenated alkanes) is 1. The smallest absolute Gasteiger partial charge is 0.295 e. The highest BCUT2D eigenvalue weighted by Crippen LogP contribution is 2.31. The van der Waals surface area contributed by atoms with Crippen LogP contribution < -0.4 is 0 Å². The quantitative estimate of drug-likeness (QED) is 0.0344. The summed E-state index contributed by atoms with van der Waals surface area (Å²) in [6.07, 6.45) is 13.1. The minimum atomic E-state index is -1.83. The van der Waals surface area contributed by atoms with Gasteiger partial charge in [-0.2, -0.15) is 0 Å². The van der Waals surface area contributed by atoms with Gasteiger partial charge in [0.05, 0.1) is 24.4 Å². The zero-order valence-corrected chi connectivity index (χ0v) is 33.9. The zero-order chi connectivity index (χ0) is 38.8. The fourth-order valence-corrected chi connectivity index (χ4v) is 8.12. The summed E-state index contributed by atoms with van der Waals surface area (Å²) >= 11 is 0. The van der Waals surface area contributed by atoms with E-state index >= 15 is 0 Å². The highest BCUT2D eigenvalue weighted by Gasteiger charge is 2.36. The van der Waals surface area contributed by atoms with E-state index in [1.807, 2.05) is 20.8 Å². The van der Waals surface area contributed by atoms with Gasteiger partial charge in [-0.05, 0) is 128 Å². The number of hydrogen-bond acceptors (Lipinski definition) is 9. The highest BCUT2D eigenvalue weighted by atomic mass is 16.6. The maximum atomic E-state index is 13.0. The molecule has 2 rings (SSSR count). The lowest BCUT2D eigenvalue weighted by Crippen LogP contribution is -2.49. The molecule has 1 aliphatic heterocycles. The lowest BCUT2D eigenvalue weighted by Gasteiger charge is -2.34. The largest absolute Gasteiger partial charge is 0.460 e. The molecule has 0 radical (unpaired) electrons. The summed E-state index contributed by atoms with van der Waals surface area (Å²) in [4.78, 5) is 38.9. The third-order valence-corrected chi connectivity index (χ3v) is 11.3. The van der Waals surface area contributed by atoms with E-state index in [-0.39, 0.29) is 24.2 Å². The Morgan fingerprint density at radius 3 is 2.31 bits per heavy atom. The van der Waals surface area contributed by atoms with Gasteiger partial charge < -0.3 is 34.1 Å². The molecule has 0 aromatic carbocycles. The molecule has 0 aromatic heterocycles. The average Bonchev–Trinajstić information content (AvgIpc) is 3.12. The molecule has 0 bridgehead atoms. The van der Waals surface area contributed by atoms with E-state index in [9.17, 15) is 24.6 Å². The third-order valence-electron chi connectivity index (χ3n) is 11.3. The van der Waals surface area contributed by atoms with Crippen molar-refractivity contribution in [2.75, 3.05) is 20.8 Å². The SMILES string of the molecule is COC1CCCC(/C=C(\C)C(OC=O)[C@H](C)C(O)CCC/C=C(\C)CC(C)CCC(OC(O)C(=O)C(=O)N2CCCCC2C)C(CC(C)C)OC)C1. The summed E-state index contributed by atoms with van der Waals surface area (Å²) in [5, 5.41) is 21.9. The molecule has 9 unspecified atom stereocenters. The van der Waals surface area contributed by atoms with Gasteiger partial charge in [-0.3, -0.25) is 14.4 Å². The molecular weight excluding hydrogens is 662 g/mol. The Bertz CT molecular complexity index is 1120. The summed E-state index contributed by atoms with van der Waals surface area (Å²) in [6, 6.07) is -0.0325. The van der Waals surface area contributed by atoms with Crippen LogP contribution in [0, 0.1) is 23.7 Å². The van der Waals surface area contributed by atoms with Crippen molar-refractivity contribution in [3.05, 3.63) is 23.3 Å². The van der Waals surface area contributed by atoms with Crippen molar-refractivity contribution in [1.82, 2.24) is 4.90 Å². The van der Waals surface area contributed by atoms with Gasteiger partial charge >= 0.3 is 0 Å². The second-order valence-electron chi connectivity index (χ2n) is 16.3. The van der Waals surface area contributed by atoms with Crippen molar-refractivity contribution in [3.8, 4) is 0 Å². The van der Waals surface area contributed by atoms with Crippen LogP contribution in [-0.2, 0) is 33.3 Å². The van der Waals surface area contributed by atoms with Gasteiger partial charge in [0.1, 0.15) is 6.10 Å². The number of piperidine rings is 1. The first-order valence-electron chi connectivity index (χ1n) is 20.1. The molecule has 0 aromatic rings. The topological polar surface area (TPSA) is 132 Å². The van der Waals surface area contributed by atoms with E-state index in [0.717, 1.165) is 76.2 Å². The number of ketones is 1. The number of nitrogens with zero attached hydrogens (tertiary/aromatic N) is 1. The van der Waals surface area contributed by atoms with E-state index in [0.29, 0.717) is 50.0 Å². The lowest BCUT2D eigenvalue weighted by atomic mass is 9.83. The average molecular weight is 736 g/mol. The standard InChI is InChI=1S/C42H73NO9/c1-28(2)23-38(50-9)37(52-42(48)39(46)41(47)43-22-13-12-16-32(43)6)21-20-30(4)24-29(3)15-10-11-19-36(45)33(7)40(51-27-44)31(5)25-34-17-14-18-35(26-34)49-8/h15,25,27-28,30,32-38,40,42,45,48H,10-14,16-24,26H2,1-9H3/b29-15+,31-25+/t30?,32?,33-,34?,35?,36?,37?,38?,40?,42?/m1/s1. The molecule has 1 aliphatic carbocycles. The fraction of sp³-hybridized carbons (Fsp3) is 0.833. The van der Waals surface area contributed by atoms with Gasteiger partial charge in [-0.15, -0.1) is 0 Å². The van der Waals surface area contributed by atoms with Crippen LogP contribution in [-0.4, -0.2) is 96.9 Å². The minimum Gasteiger partial charge on any atom is -0.460 e. The van der Waals surface area contributed by atoms with Crippen LogP contribution in [0.2, 0.25) is 0 Å². The molecule has 10 nitrogen and oxygen atoms in total. The van der Waals surface area contributed by atoms with Crippen LogP contribution in [0.4, 0.5) is 0 Å². The van der Waals surface area contributed by atoms with Gasteiger partial charge in [0, 0.05) is 32.7 Å². The van der Waals surface area contributed by atoms with Crippen molar-refractivity contribution in [3.63, 3.8) is 0 Å². The van der Waals surface area contributed by atoms with Crippen LogP contribution in [0.1, 0.15) is 138 Å². The first-order valence-corrected chi connectivity index (χ1v) is 20.1. The van der Waals surface area contributed by atoms with Crippen LogP contribution in [0.5, 0.6) is 0 Å². The Morgan fingerprint density at radius 1 is 0.942 bits per heavy atom. The molecule has 52 heavy (non-hydrogen) atoms. The number of hydrogen-bond donors (Lipinski definition) is 2. The third kappa shape index (κ3) is 15.7. The molecule has 10 heteroatoms. The molecule has 10 atom stereocenters. The first-order chi connectivity index (χ1) is 24.7. The van der Waals surface area contributed by atoms with Crippen molar-refractivity contribution < 1.29 is 43.5 Å². The number of likely N-dealkylation sites (tertiary alicyclic amines) is 1. The number of carbonyl (C=O) groups excluding carboxylic acids is 3. The molecule has 1 saturated carbocycles. The number of allylic oxidation sites excluding steroid dienone is 3. The van der Waals surface area contributed by atoms with E-state index in [1.165, 1.54) is 5.57 Å². The molecule has 2 aliphatic rings. The molecule has 2 N–H and O–H groups in total. The Balaban J connectivity index is 1.90. The lowest BCUT2D eigenvalue weighted by molar-refractivity contribution is -0.189. The maximum absolute atomic E-state index is 13.0. The van der Waals surface area contributed by atoms with Crippen molar-refractivity contribution in [2.24, 2.45) is 23.7 Å². The predicted molar refractivity (Wildman–Crippen MR) is 204 cm³/mol. The Kier molecular flexibility index (Phi) is 21.5. The second-order valence-corrected chi connectivity index (χ2v) is 16.3. The van der Waals surface area contributed by atoms with E-state index < -0.39 is 36.3 Å². The summed E-state index contributed by atoms with van der Waals surface area (Å²) in [7, 11) is 3.38. The van der Waals surface area contributed by atoms with Crippen molar-refractivity contribution >= 4 is 18.2 Å². The van der Waals surface area contributed by atoms with E-state index in [1.54, 1.807) is 19.1 Å². The van der Waals surface area contributed by atoms with Gasteiger partial charge in [0.15, 0.2) is 0 Å². The summed E-state index contributed by atoms with van der Waals surface area (Å²) < 4.78 is 22.8. The Hall–Kier alpha value is -2.11. The molecule has 1 saturated heterocycles. The van der Waals surface area contributed by atoms with Gasteiger partial charge in [0.2, 0.25) is 6.29 Å². The molecule has 300 valence electrons. The number of Topliss-reactive ketones (excluding diaryl/α,β-unsaturated/α-hetero) is 1. The monoisotopic (exact) mass is 736 g/mol. The maximum Gasteiger partial charge on any atom is 0.295 e. The van der Waals surface area contributed by atoms with Gasteiger partial charge in [-0.25, -0.2) is 0 Å². The van der Waals surface area contributed by atoms with Crippen molar-refractivity contribution in [2.45, 2.75) is 181 Å². The number of carbonyl (C=O) groups is 3. The number of aliphatic hydroxyl groups is 2. The zero-order valence-electron chi connectivity index (χ0n) is 33.9. The normalized spacial score (nSPS) is 24.5. The van der Waals surface area contributed by atoms with Crippen LogP contribution in [0.3, 0.4) is 0 Å². The number of methoxy groups -OCH3 is 2. The number of ether oxygens (including phenoxy) is 4. The summed E-state index contributed by atoms with van der Waals surface area (Å²) in [6.45, 7) is 15.4. The van der Waals surface area contributed by atoms with Crippen LogP contribution in [0.25, 0.3) is 0 Å². The Morgan fingerprint density at radius 2 is 1.67 bits per heavy atom. The minimum absolute atomic E-state index is 0.0325. The number of amides is 1. The second kappa shape index (κ2) is 24.3. The first kappa shape index (κ1) is 46.0. The molecular formula is C42H73NO9. The fourth-order valence-electron chi connectivity index (χ4n) is 8.12. The number of rotatable bonds is 24. The summed E-state index contributed by atoms with van der Waals surface area (Å²) in [5.41, 5.74) is 2.25. The van der Waals surface area contributed by atoms with Gasteiger partial charge in [0.25, 0.3) is 18.2 Å². The van der Waals surface area contributed by atoms with E-state index in [2.05, 4.69) is 39.8 Å². The Labute approximate surface area is 315 Å². The van der Waals surface area contributed by atoms with E-state index in [4.69, 9.17) is 18.9 Å². The van der Waals surface area contributed by atoms with Crippen LogP contribution >= 0.6 is 0 Å². The summed E-state index contributed by atoms with van der Waals surface area (Å²) in [5.74, 6) is -0.801. The van der Waals surface area contributed by atoms with Crippen LogP contribution in [0.15, 0.2) is 23.3 Å². The molecule has 2 fully saturated rings. The predicted octanol–water partition coefficient (Wildman–Crippen LogP) is 7.33. The molecule has 0 spiro atoms. The highest BCUT2D eigenvalue weighted by molar-refractivity contribution is 6.37. The van der Waals surface area contributed by atoms with Gasteiger partial charge in [-0.1, -0.05) is 51.8 Å². The molecule has 1 amide bonds. The molecule has 1 heterocycles. The number of aliphatic hydroxyl groups excluding tert-OH is 2. The van der Waals surface area contributed by atoms with Crippen molar-refractivity contribution in [1.29, 1.82) is 0 Å².